The number of nitrogens with zero attached hydrogens (tertiary/aromatic N) is 1. The van der Waals surface area contributed by atoms with Gasteiger partial charge >= 0.3 is 5.97 Å². The molecule has 2 aliphatic heterocycles. The highest BCUT2D eigenvalue weighted by Gasteiger charge is 2.52. The predicted octanol–water partition coefficient (Wildman–Crippen LogP) is 0.899. The van der Waals surface area contributed by atoms with E-state index in [-0.39, 0.29) is 18.2 Å². The van der Waals surface area contributed by atoms with Gasteiger partial charge in [0.05, 0.1) is 31.2 Å². The van der Waals surface area contributed by atoms with Gasteiger partial charge in [0.2, 0.25) is 5.91 Å². The van der Waals surface area contributed by atoms with Crippen molar-refractivity contribution in [2.45, 2.75) is 24.8 Å². The number of carboxylic acid groups (broad SMARTS) is 1. The van der Waals surface area contributed by atoms with Gasteiger partial charge < -0.3 is 24.8 Å². The number of carbonyl (C=O) groups is 3. The van der Waals surface area contributed by atoms with Gasteiger partial charge in [0.15, 0.2) is 11.5 Å². The molecule has 1 spiro atoms. The molecule has 1 atom stereocenters. The summed E-state index contributed by atoms with van der Waals surface area (Å²) in [5, 5.41) is 12.3. The van der Waals surface area contributed by atoms with E-state index >= 15 is 0 Å². The molecule has 2 fully saturated rings. The van der Waals surface area contributed by atoms with Gasteiger partial charge in [-0.2, -0.15) is 0 Å². The van der Waals surface area contributed by atoms with Crippen LogP contribution < -0.4 is 14.8 Å². The van der Waals surface area contributed by atoms with Crippen LogP contribution in [0.25, 0.3) is 0 Å². The second-order valence-corrected chi connectivity index (χ2v) is 6.63. The molecule has 0 aliphatic carbocycles. The first kappa shape index (κ1) is 18.0. The SMILES string of the molecule is COc1cccc(C(=O)N2CCC3(CC2)NC(=O)CC3C(=O)O)c1OC. The van der Waals surface area contributed by atoms with Gasteiger partial charge in [0.25, 0.3) is 5.91 Å². The maximum absolute atomic E-state index is 12.9. The summed E-state index contributed by atoms with van der Waals surface area (Å²) >= 11 is 0. The average molecular weight is 362 g/mol. The Morgan fingerprint density at radius 2 is 1.92 bits per heavy atom. The number of aliphatic carboxylic acids is 1. The zero-order valence-electron chi connectivity index (χ0n) is 14.8. The number of hydrogen-bond donors (Lipinski definition) is 2. The number of hydrogen-bond acceptors (Lipinski definition) is 5. The predicted molar refractivity (Wildman–Crippen MR) is 91.3 cm³/mol. The van der Waals surface area contributed by atoms with Crippen molar-refractivity contribution in [3.63, 3.8) is 0 Å². The Bertz CT molecular complexity index is 739. The number of rotatable bonds is 4. The lowest BCUT2D eigenvalue weighted by atomic mass is 9.77. The van der Waals surface area contributed by atoms with Gasteiger partial charge in [-0.1, -0.05) is 6.07 Å². The highest BCUT2D eigenvalue weighted by Crippen LogP contribution is 2.38. The number of nitrogens with one attached hydrogen (secondary N) is 1. The van der Waals surface area contributed by atoms with Crippen LogP contribution in [-0.4, -0.2) is 60.6 Å². The molecule has 8 nitrogen and oxygen atoms in total. The molecular weight excluding hydrogens is 340 g/mol. The smallest absolute Gasteiger partial charge is 0.309 e. The zero-order chi connectivity index (χ0) is 18.9. The first-order valence-corrected chi connectivity index (χ1v) is 8.46. The fourth-order valence-corrected chi connectivity index (χ4v) is 3.93. The van der Waals surface area contributed by atoms with Crippen LogP contribution in [-0.2, 0) is 9.59 Å². The molecule has 0 radical (unpaired) electrons. The van der Waals surface area contributed by atoms with Gasteiger partial charge in [-0.15, -0.1) is 0 Å². The van der Waals surface area contributed by atoms with Crippen LogP contribution in [0.5, 0.6) is 11.5 Å². The van der Waals surface area contributed by atoms with Gasteiger partial charge in [-0.05, 0) is 25.0 Å². The molecule has 8 heteroatoms. The first-order chi connectivity index (χ1) is 12.4. The Labute approximate surface area is 151 Å². The van der Waals surface area contributed by atoms with Crippen LogP contribution in [0.15, 0.2) is 18.2 Å². The Balaban J connectivity index is 1.77. The molecule has 0 aromatic heterocycles. The van der Waals surface area contributed by atoms with Gasteiger partial charge in [0.1, 0.15) is 0 Å². The Morgan fingerprint density at radius 3 is 2.50 bits per heavy atom. The van der Waals surface area contributed by atoms with Crippen LogP contribution in [0, 0.1) is 5.92 Å². The number of carboxylic acids is 1. The van der Waals surface area contributed by atoms with Crippen LogP contribution in [0.3, 0.4) is 0 Å². The van der Waals surface area contributed by atoms with E-state index in [1.165, 1.54) is 14.2 Å². The molecule has 1 aromatic rings. The third-order valence-corrected chi connectivity index (χ3v) is 5.32. The number of likely N-dealkylation sites (tertiary alicyclic amines) is 1. The molecule has 1 unspecified atom stereocenters. The molecule has 2 heterocycles. The van der Waals surface area contributed by atoms with Gasteiger partial charge in [-0.3, -0.25) is 14.4 Å². The van der Waals surface area contributed by atoms with Crippen molar-refractivity contribution in [3.8, 4) is 11.5 Å². The summed E-state index contributed by atoms with van der Waals surface area (Å²) < 4.78 is 10.6. The van der Waals surface area contributed by atoms with E-state index in [4.69, 9.17) is 9.47 Å². The minimum atomic E-state index is -0.974. The molecule has 2 N–H and O–H groups in total. The van der Waals surface area contributed by atoms with E-state index in [2.05, 4.69) is 5.32 Å². The van der Waals surface area contributed by atoms with Crippen molar-refractivity contribution in [2.24, 2.45) is 5.92 Å². The molecule has 0 saturated carbocycles. The number of para-hydroxylation sites is 1. The first-order valence-electron chi connectivity index (χ1n) is 8.46. The zero-order valence-corrected chi connectivity index (χ0v) is 14.8. The molecular formula is C18H22N2O6. The lowest BCUT2D eigenvalue weighted by Gasteiger charge is -2.41. The third kappa shape index (κ3) is 2.95. The average Bonchev–Trinajstić information content (AvgIpc) is 2.97. The summed E-state index contributed by atoms with van der Waals surface area (Å²) in [5.41, 5.74) is -0.369. The number of amides is 2. The van der Waals surface area contributed by atoms with Gasteiger partial charge in [-0.25, -0.2) is 0 Å². The quantitative estimate of drug-likeness (QED) is 0.824. The number of methoxy groups -OCH3 is 2. The van der Waals surface area contributed by atoms with Gasteiger partial charge in [0, 0.05) is 19.5 Å². The molecule has 0 bridgehead atoms. The van der Waals surface area contributed by atoms with E-state index in [0.29, 0.717) is 43.0 Å². The van der Waals surface area contributed by atoms with Crippen molar-refractivity contribution in [1.29, 1.82) is 0 Å². The number of benzene rings is 1. The Morgan fingerprint density at radius 1 is 1.23 bits per heavy atom. The fourth-order valence-electron chi connectivity index (χ4n) is 3.93. The van der Waals surface area contributed by atoms with E-state index < -0.39 is 17.4 Å². The normalized spacial score (nSPS) is 21.4. The topological polar surface area (TPSA) is 105 Å². The summed E-state index contributed by atoms with van der Waals surface area (Å²) in [6.45, 7) is 0.729. The highest BCUT2D eigenvalue weighted by molar-refractivity contribution is 5.98. The molecule has 2 aliphatic rings. The molecule has 26 heavy (non-hydrogen) atoms. The third-order valence-electron chi connectivity index (χ3n) is 5.32. The molecule has 2 amide bonds. The summed E-state index contributed by atoms with van der Waals surface area (Å²) in [6.07, 6.45) is 0.814. The Kier molecular flexibility index (Phi) is 4.76. The lowest BCUT2D eigenvalue weighted by molar-refractivity contribution is -0.144. The standard InChI is InChI=1S/C18H22N2O6/c1-25-13-5-3-4-11(15(13)26-2)16(22)20-8-6-18(7-9-20)12(17(23)24)10-14(21)19-18/h3-5,12H,6-10H2,1-2H3,(H,19,21)(H,23,24). The number of piperidine rings is 1. The monoisotopic (exact) mass is 362 g/mol. The van der Waals surface area contributed by atoms with Crippen molar-refractivity contribution in [1.82, 2.24) is 10.2 Å². The molecule has 3 rings (SSSR count). The molecule has 140 valence electrons. The van der Waals surface area contributed by atoms with Crippen LogP contribution >= 0.6 is 0 Å². The molecule has 1 aromatic carbocycles. The highest BCUT2D eigenvalue weighted by atomic mass is 16.5. The summed E-state index contributed by atoms with van der Waals surface area (Å²) in [6, 6.07) is 5.11. The van der Waals surface area contributed by atoms with Crippen molar-refractivity contribution in [2.75, 3.05) is 27.3 Å². The van der Waals surface area contributed by atoms with E-state index in [1.54, 1.807) is 23.1 Å². The summed E-state index contributed by atoms with van der Waals surface area (Å²) in [4.78, 5) is 37.8. The van der Waals surface area contributed by atoms with Crippen molar-refractivity contribution < 1.29 is 29.0 Å². The van der Waals surface area contributed by atoms with E-state index in [1.807, 2.05) is 0 Å². The second kappa shape index (κ2) is 6.86. The Hall–Kier alpha value is -2.77. The van der Waals surface area contributed by atoms with Crippen molar-refractivity contribution in [3.05, 3.63) is 23.8 Å². The summed E-state index contributed by atoms with van der Waals surface area (Å²) in [7, 11) is 2.98. The number of ether oxygens (including phenoxy) is 2. The second-order valence-electron chi connectivity index (χ2n) is 6.63. The largest absolute Gasteiger partial charge is 0.493 e. The van der Waals surface area contributed by atoms with Crippen LogP contribution in [0.4, 0.5) is 0 Å². The maximum atomic E-state index is 12.9. The van der Waals surface area contributed by atoms with Crippen molar-refractivity contribution >= 4 is 17.8 Å². The summed E-state index contributed by atoms with van der Waals surface area (Å²) in [5.74, 6) is -1.33. The fraction of sp³-hybridized carbons (Fsp3) is 0.500. The molecule has 2 saturated heterocycles. The lowest BCUT2D eigenvalue weighted by Crippen LogP contribution is -2.56. The minimum absolute atomic E-state index is 0.00696. The van der Waals surface area contributed by atoms with E-state index in [0.717, 1.165) is 0 Å². The van der Waals surface area contributed by atoms with E-state index in [9.17, 15) is 19.5 Å². The van der Waals surface area contributed by atoms with Crippen LogP contribution in [0.1, 0.15) is 29.6 Å². The van der Waals surface area contributed by atoms with Crippen LogP contribution in [0.2, 0.25) is 0 Å². The number of carbonyl (C=O) groups excluding carboxylic acids is 2. The minimum Gasteiger partial charge on any atom is -0.493 e. The maximum Gasteiger partial charge on any atom is 0.309 e.